The molecule has 10 heteroatoms. The van der Waals surface area contributed by atoms with E-state index in [0.29, 0.717) is 23.5 Å². The van der Waals surface area contributed by atoms with Crippen LogP contribution in [0, 0.1) is 6.92 Å². The molecule has 3 aromatic heterocycles. The van der Waals surface area contributed by atoms with E-state index < -0.39 is 0 Å². The van der Waals surface area contributed by atoms with Crippen LogP contribution >= 0.6 is 11.8 Å². The molecular weight excluding hydrogens is 462 g/mol. The summed E-state index contributed by atoms with van der Waals surface area (Å²) in [5.74, 6) is 1.66. The molecule has 0 bridgehead atoms. The number of fused-ring (bicyclic) bond motifs is 1. The van der Waals surface area contributed by atoms with Crippen LogP contribution in [0.15, 0.2) is 53.9 Å². The number of carbonyl (C=O) groups is 1. The van der Waals surface area contributed by atoms with Crippen molar-refractivity contribution in [2.24, 2.45) is 0 Å². The van der Waals surface area contributed by atoms with Crippen molar-refractivity contribution in [3.05, 3.63) is 60.0 Å². The summed E-state index contributed by atoms with van der Waals surface area (Å²) in [6.45, 7) is 5.94. The Balaban J connectivity index is 1.32. The molecule has 1 aliphatic rings. The highest BCUT2D eigenvalue weighted by atomic mass is 32.2. The monoisotopic (exact) mass is 489 g/mol. The highest BCUT2D eigenvalue weighted by Crippen LogP contribution is 2.30. The van der Waals surface area contributed by atoms with Gasteiger partial charge in [-0.2, -0.15) is 9.50 Å². The standard InChI is InChI=1S/C25H27N7O2S/c1-3-34-22(33)16-35-25-29-24-27-15-20(17(2)32(24)30-25)21-9-12-26-23(28-21)31-13-10-19(11-14-31)18-7-5-4-6-8-18/h4-9,12,15,19H,3,10-11,13-14,16H2,1-2H3. The molecule has 0 amide bonds. The number of hydrogen-bond acceptors (Lipinski definition) is 9. The van der Waals surface area contributed by atoms with Crippen LogP contribution in [-0.4, -0.2) is 61.0 Å². The topological polar surface area (TPSA) is 98.4 Å². The van der Waals surface area contributed by atoms with Crippen LogP contribution in [0.1, 0.15) is 36.9 Å². The van der Waals surface area contributed by atoms with Crippen molar-refractivity contribution in [2.45, 2.75) is 37.8 Å². The van der Waals surface area contributed by atoms with E-state index in [4.69, 9.17) is 9.72 Å². The van der Waals surface area contributed by atoms with Crippen molar-refractivity contribution < 1.29 is 9.53 Å². The highest BCUT2D eigenvalue weighted by Gasteiger charge is 2.23. The number of carbonyl (C=O) groups excluding carboxylic acids is 1. The van der Waals surface area contributed by atoms with Crippen molar-refractivity contribution in [1.82, 2.24) is 29.5 Å². The molecular formula is C25H27N7O2S. The molecule has 0 N–H and O–H groups in total. The van der Waals surface area contributed by atoms with Gasteiger partial charge >= 0.3 is 5.97 Å². The molecule has 0 spiro atoms. The molecule has 0 aliphatic carbocycles. The fourth-order valence-corrected chi connectivity index (χ4v) is 4.97. The van der Waals surface area contributed by atoms with Crippen molar-refractivity contribution in [3.63, 3.8) is 0 Å². The molecule has 4 heterocycles. The fraction of sp³-hybridized carbons (Fsp3) is 0.360. The predicted octanol–water partition coefficient (Wildman–Crippen LogP) is 3.93. The summed E-state index contributed by atoms with van der Waals surface area (Å²) in [5.41, 5.74) is 3.94. The summed E-state index contributed by atoms with van der Waals surface area (Å²) in [7, 11) is 0. The third kappa shape index (κ3) is 5.12. The Morgan fingerprint density at radius 3 is 2.69 bits per heavy atom. The zero-order valence-electron chi connectivity index (χ0n) is 19.8. The van der Waals surface area contributed by atoms with E-state index in [0.717, 1.165) is 48.8 Å². The van der Waals surface area contributed by atoms with Gasteiger partial charge < -0.3 is 9.64 Å². The van der Waals surface area contributed by atoms with Gasteiger partial charge in [-0.05, 0) is 44.2 Å². The lowest BCUT2D eigenvalue weighted by molar-refractivity contribution is -0.139. The average Bonchev–Trinajstić information content (AvgIpc) is 3.33. The Morgan fingerprint density at radius 2 is 1.91 bits per heavy atom. The number of rotatable bonds is 7. The summed E-state index contributed by atoms with van der Waals surface area (Å²) in [4.78, 5) is 32.2. The van der Waals surface area contributed by atoms with Crippen molar-refractivity contribution in [1.29, 1.82) is 0 Å². The summed E-state index contributed by atoms with van der Waals surface area (Å²) >= 11 is 1.23. The molecule has 5 rings (SSSR count). The quantitative estimate of drug-likeness (QED) is 0.282. The second-order valence-electron chi connectivity index (χ2n) is 8.37. The summed E-state index contributed by atoms with van der Waals surface area (Å²) in [5, 5.41) is 5.01. The fourth-order valence-electron chi connectivity index (χ4n) is 4.35. The number of aryl methyl sites for hydroxylation is 1. The molecule has 1 aromatic carbocycles. The zero-order chi connectivity index (χ0) is 24.2. The van der Waals surface area contributed by atoms with Gasteiger partial charge in [0.1, 0.15) is 0 Å². The first kappa shape index (κ1) is 23.2. The lowest BCUT2D eigenvalue weighted by Crippen LogP contribution is -2.34. The third-order valence-corrected chi connectivity index (χ3v) is 6.99. The number of nitrogens with zero attached hydrogens (tertiary/aromatic N) is 7. The predicted molar refractivity (Wildman–Crippen MR) is 135 cm³/mol. The number of anilines is 1. The van der Waals surface area contributed by atoms with E-state index in [1.54, 1.807) is 23.8 Å². The Labute approximate surface area is 208 Å². The van der Waals surface area contributed by atoms with Crippen molar-refractivity contribution in [2.75, 3.05) is 30.3 Å². The Hall–Kier alpha value is -3.53. The average molecular weight is 490 g/mol. The van der Waals surface area contributed by atoms with Gasteiger partial charge in [-0.1, -0.05) is 42.1 Å². The summed E-state index contributed by atoms with van der Waals surface area (Å²) in [6, 6.07) is 12.6. The number of hydrogen-bond donors (Lipinski definition) is 0. The lowest BCUT2D eigenvalue weighted by atomic mass is 9.90. The molecule has 0 saturated carbocycles. The van der Waals surface area contributed by atoms with Gasteiger partial charge in [0.25, 0.3) is 5.78 Å². The van der Waals surface area contributed by atoms with Gasteiger partial charge in [0.05, 0.1) is 23.7 Å². The molecule has 4 aromatic rings. The number of piperidine rings is 1. The second-order valence-corrected chi connectivity index (χ2v) is 9.31. The smallest absolute Gasteiger partial charge is 0.316 e. The molecule has 0 atom stereocenters. The van der Waals surface area contributed by atoms with Crippen LogP contribution < -0.4 is 4.90 Å². The van der Waals surface area contributed by atoms with Gasteiger partial charge in [0.2, 0.25) is 11.1 Å². The van der Waals surface area contributed by atoms with E-state index in [1.807, 2.05) is 13.0 Å². The van der Waals surface area contributed by atoms with E-state index in [-0.39, 0.29) is 11.7 Å². The zero-order valence-corrected chi connectivity index (χ0v) is 20.6. The minimum Gasteiger partial charge on any atom is -0.465 e. The number of ether oxygens (including phenoxy) is 1. The van der Waals surface area contributed by atoms with Gasteiger partial charge in [0.15, 0.2) is 0 Å². The summed E-state index contributed by atoms with van der Waals surface area (Å²) in [6.07, 6.45) is 5.73. The van der Waals surface area contributed by atoms with Crippen LogP contribution in [0.2, 0.25) is 0 Å². The first-order valence-corrected chi connectivity index (χ1v) is 12.7. The number of aromatic nitrogens is 6. The maximum atomic E-state index is 11.7. The minimum atomic E-state index is -0.289. The lowest BCUT2D eigenvalue weighted by Gasteiger charge is -2.32. The molecule has 35 heavy (non-hydrogen) atoms. The number of esters is 1. The molecule has 180 valence electrons. The molecule has 1 saturated heterocycles. The molecule has 0 unspecified atom stereocenters. The van der Waals surface area contributed by atoms with E-state index in [1.165, 1.54) is 17.3 Å². The van der Waals surface area contributed by atoms with Crippen molar-refractivity contribution >= 4 is 29.5 Å². The van der Waals surface area contributed by atoms with Crippen LogP contribution in [0.25, 0.3) is 17.0 Å². The van der Waals surface area contributed by atoms with E-state index in [9.17, 15) is 4.79 Å². The maximum Gasteiger partial charge on any atom is 0.316 e. The van der Waals surface area contributed by atoms with Crippen molar-refractivity contribution in [3.8, 4) is 11.3 Å². The number of benzene rings is 1. The normalized spacial score (nSPS) is 14.4. The Kier molecular flexibility index (Phi) is 6.89. The molecule has 1 fully saturated rings. The SMILES string of the molecule is CCOC(=O)CSc1nc2ncc(-c3ccnc(N4CCC(c5ccccc5)CC4)n3)c(C)n2n1. The maximum absolute atomic E-state index is 11.7. The first-order chi connectivity index (χ1) is 17.1. The van der Waals surface area contributed by atoms with E-state index >= 15 is 0 Å². The van der Waals surface area contributed by atoms with Crippen LogP contribution in [-0.2, 0) is 9.53 Å². The molecule has 1 aliphatic heterocycles. The van der Waals surface area contributed by atoms with Gasteiger partial charge in [-0.15, -0.1) is 5.10 Å². The highest BCUT2D eigenvalue weighted by molar-refractivity contribution is 7.99. The van der Waals surface area contributed by atoms with Gasteiger partial charge in [-0.3, -0.25) is 4.79 Å². The minimum absolute atomic E-state index is 0.160. The second kappa shape index (κ2) is 10.4. The first-order valence-electron chi connectivity index (χ1n) is 11.8. The largest absolute Gasteiger partial charge is 0.465 e. The van der Waals surface area contributed by atoms with Gasteiger partial charge in [0, 0.05) is 31.0 Å². The molecule has 9 nitrogen and oxygen atoms in total. The third-order valence-electron chi connectivity index (χ3n) is 6.18. The van der Waals surface area contributed by atoms with E-state index in [2.05, 4.69) is 55.3 Å². The Bertz CT molecular complexity index is 1320. The van der Waals surface area contributed by atoms with Crippen LogP contribution in [0.5, 0.6) is 0 Å². The van der Waals surface area contributed by atoms with Crippen LogP contribution in [0.4, 0.5) is 5.95 Å². The summed E-state index contributed by atoms with van der Waals surface area (Å²) < 4.78 is 6.66. The molecule has 0 radical (unpaired) electrons. The number of thioether (sulfide) groups is 1. The Morgan fingerprint density at radius 1 is 1.11 bits per heavy atom. The van der Waals surface area contributed by atoms with Crippen LogP contribution in [0.3, 0.4) is 0 Å². The van der Waals surface area contributed by atoms with Gasteiger partial charge in [-0.25, -0.2) is 15.0 Å².